The number of hydrogen-bond acceptors (Lipinski definition) is 3. The highest BCUT2D eigenvalue weighted by Crippen LogP contribution is 2.17. The molecular weight excluding hydrogens is 238 g/mol. The molecule has 104 valence electrons. The highest BCUT2D eigenvalue weighted by atomic mass is 16.3. The highest BCUT2D eigenvalue weighted by molar-refractivity contribution is 5.10. The van der Waals surface area contributed by atoms with E-state index < -0.39 is 0 Å². The van der Waals surface area contributed by atoms with E-state index in [0.29, 0.717) is 0 Å². The number of aryl methyl sites for hydroxylation is 1. The maximum Gasteiger partial charge on any atom is 0.122 e. The van der Waals surface area contributed by atoms with E-state index in [2.05, 4.69) is 54.3 Å². The van der Waals surface area contributed by atoms with E-state index in [9.17, 15) is 0 Å². The predicted octanol–water partition coefficient (Wildman–Crippen LogP) is 2.49. The molecule has 0 fully saturated rings. The van der Waals surface area contributed by atoms with Gasteiger partial charge in [0.05, 0.1) is 12.3 Å². The minimum Gasteiger partial charge on any atom is -0.468 e. The molecule has 0 saturated carbocycles. The van der Waals surface area contributed by atoms with Gasteiger partial charge in [0.15, 0.2) is 0 Å². The van der Waals surface area contributed by atoms with Crippen molar-refractivity contribution in [3.05, 3.63) is 48.2 Å². The Morgan fingerprint density at radius 3 is 2.79 bits per heavy atom. The normalized spacial score (nSPS) is 13.1. The number of nitrogens with one attached hydrogen (secondary N) is 1. The van der Waals surface area contributed by atoms with Crippen molar-refractivity contribution in [2.45, 2.75) is 26.1 Å². The average Bonchev–Trinajstić information content (AvgIpc) is 3.05. The molecule has 0 aliphatic rings. The third-order valence-electron chi connectivity index (χ3n) is 3.34. The Bertz CT molecular complexity index is 473. The van der Waals surface area contributed by atoms with Gasteiger partial charge in [0, 0.05) is 32.0 Å². The molecule has 0 saturated heterocycles. The molecule has 0 aliphatic heterocycles. The number of furan rings is 1. The van der Waals surface area contributed by atoms with Crippen molar-refractivity contribution in [1.82, 2.24) is 14.8 Å². The van der Waals surface area contributed by atoms with Gasteiger partial charge in [0.25, 0.3) is 0 Å². The Hall–Kier alpha value is -1.52. The van der Waals surface area contributed by atoms with Crippen molar-refractivity contribution in [3.8, 4) is 0 Å². The first-order chi connectivity index (χ1) is 9.20. The molecule has 1 atom stereocenters. The summed E-state index contributed by atoms with van der Waals surface area (Å²) < 4.78 is 7.68. The summed E-state index contributed by atoms with van der Waals surface area (Å²) in [6.07, 6.45) is 6.03. The maximum atomic E-state index is 5.50. The van der Waals surface area contributed by atoms with E-state index in [4.69, 9.17) is 4.42 Å². The van der Waals surface area contributed by atoms with Crippen LogP contribution < -0.4 is 5.32 Å². The van der Waals surface area contributed by atoms with Crippen molar-refractivity contribution in [3.63, 3.8) is 0 Å². The highest BCUT2D eigenvalue weighted by Gasteiger charge is 2.16. The summed E-state index contributed by atoms with van der Waals surface area (Å²) in [6, 6.07) is 6.39. The summed E-state index contributed by atoms with van der Waals surface area (Å²) in [5.74, 6) is 1.00. The SMILES string of the molecule is CCn1ccc(CNCC(c2ccco2)N(C)C)c1. The third kappa shape index (κ3) is 3.72. The van der Waals surface area contributed by atoms with Crippen LogP contribution in [0.4, 0.5) is 0 Å². The van der Waals surface area contributed by atoms with Gasteiger partial charge >= 0.3 is 0 Å². The number of likely N-dealkylation sites (N-methyl/N-ethyl adjacent to an activating group) is 1. The van der Waals surface area contributed by atoms with Crippen molar-refractivity contribution in [1.29, 1.82) is 0 Å². The van der Waals surface area contributed by atoms with E-state index in [1.54, 1.807) is 6.26 Å². The van der Waals surface area contributed by atoms with Crippen molar-refractivity contribution in [2.24, 2.45) is 0 Å². The molecule has 2 heterocycles. The first-order valence-corrected chi connectivity index (χ1v) is 6.76. The lowest BCUT2D eigenvalue weighted by Gasteiger charge is -2.22. The van der Waals surface area contributed by atoms with E-state index >= 15 is 0 Å². The quantitative estimate of drug-likeness (QED) is 0.831. The van der Waals surface area contributed by atoms with Crippen LogP contribution in [0.25, 0.3) is 0 Å². The first kappa shape index (κ1) is 13.9. The van der Waals surface area contributed by atoms with Crippen LogP contribution in [0.2, 0.25) is 0 Å². The van der Waals surface area contributed by atoms with Gasteiger partial charge in [-0.25, -0.2) is 0 Å². The second-order valence-electron chi connectivity index (χ2n) is 4.98. The fourth-order valence-electron chi connectivity index (χ4n) is 2.16. The summed E-state index contributed by atoms with van der Waals surface area (Å²) in [4.78, 5) is 2.17. The van der Waals surface area contributed by atoms with Crippen LogP contribution in [0.5, 0.6) is 0 Å². The zero-order valence-corrected chi connectivity index (χ0v) is 12.0. The van der Waals surface area contributed by atoms with Crippen LogP contribution in [-0.4, -0.2) is 30.1 Å². The maximum absolute atomic E-state index is 5.50. The Kier molecular flexibility index (Phi) is 4.82. The van der Waals surface area contributed by atoms with E-state index in [-0.39, 0.29) is 6.04 Å². The largest absolute Gasteiger partial charge is 0.468 e. The van der Waals surface area contributed by atoms with Gasteiger partial charge < -0.3 is 14.3 Å². The standard InChI is InChI=1S/C15H23N3O/c1-4-18-8-7-13(12-18)10-16-11-14(17(2)3)15-6-5-9-19-15/h5-9,12,14,16H,4,10-11H2,1-3H3. The van der Waals surface area contributed by atoms with Gasteiger partial charge in [-0.05, 0) is 44.8 Å². The molecule has 4 nitrogen and oxygen atoms in total. The van der Waals surface area contributed by atoms with E-state index in [1.807, 2.05) is 12.1 Å². The van der Waals surface area contributed by atoms with Crippen LogP contribution >= 0.6 is 0 Å². The number of rotatable bonds is 7. The molecule has 0 aliphatic carbocycles. The van der Waals surface area contributed by atoms with Crippen molar-refractivity contribution in [2.75, 3.05) is 20.6 Å². The molecule has 2 aromatic rings. The lowest BCUT2D eigenvalue weighted by atomic mass is 10.2. The van der Waals surface area contributed by atoms with Crippen LogP contribution in [0.1, 0.15) is 24.3 Å². The lowest BCUT2D eigenvalue weighted by molar-refractivity contribution is 0.250. The molecule has 2 rings (SSSR count). The summed E-state index contributed by atoms with van der Waals surface area (Å²) in [7, 11) is 4.14. The summed E-state index contributed by atoms with van der Waals surface area (Å²) in [6.45, 7) is 4.93. The second kappa shape index (κ2) is 6.59. The third-order valence-corrected chi connectivity index (χ3v) is 3.34. The zero-order chi connectivity index (χ0) is 13.7. The van der Waals surface area contributed by atoms with Crippen molar-refractivity contribution >= 4 is 0 Å². The van der Waals surface area contributed by atoms with Crippen molar-refractivity contribution < 1.29 is 4.42 Å². The Balaban J connectivity index is 1.86. The van der Waals surface area contributed by atoms with Gasteiger partial charge in [-0.2, -0.15) is 0 Å². The summed E-state index contributed by atoms with van der Waals surface area (Å²) in [5, 5.41) is 3.49. The molecule has 19 heavy (non-hydrogen) atoms. The van der Waals surface area contributed by atoms with Gasteiger partial charge in [-0.15, -0.1) is 0 Å². The van der Waals surface area contributed by atoms with Gasteiger partial charge in [0.2, 0.25) is 0 Å². The molecule has 0 aromatic carbocycles. The number of hydrogen-bond donors (Lipinski definition) is 1. The molecule has 2 aromatic heterocycles. The van der Waals surface area contributed by atoms with Crippen LogP contribution in [0.3, 0.4) is 0 Å². The molecule has 0 radical (unpaired) electrons. The molecule has 1 N–H and O–H groups in total. The molecule has 0 bridgehead atoms. The van der Waals surface area contributed by atoms with Crippen LogP contribution in [0.15, 0.2) is 41.3 Å². The molecule has 4 heteroatoms. The molecule has 0 spiro atoms. The second-order valence-corrected chi connectivity index (χ2v) is 4.98. The average molecular weight is 261 g/mol. The van der Waals surface area contributed by atoms with E-state index in [0.717, 1.165) is 25.4 Å². The van der Waals surface area contributed by atoms with Gasteiger partial charge in [-0.1, -0.05) is 0 Å². The predicted molar refractivity (Wildman–Crippen MR) is 76.9 cm³/mol. The van der Waals surface area contributed by atoms with E-state index in [1.165, 1.54) is 5.56 Å². The number of nitrogens with zero attached hydrogens (tertiary/aromatic N) is 2. The molecule has 1 unspecified atom stereocenters. The topological polar surface area (TPSA) is 33.3 Å². The summed E-state index contributed by atoms with van der Waals surface area (Å²) in [5.41, 5.74) is 1.32. The Morgan fingerprint density at radius 2 is 2.21 bits per heavy atom. The van der Waals surface area contributed by atoms with Gasteiger partial charge in [-0.3, -0.25) is 4.90 Å². The van der Waals surface area contributed by atoms with Crippen LogP contribution in [0, 0.1) is 0 Å². The number of aromatic nitrogens is 1. The fraction of sp³-hybridized carbons (Fsp3) is 0.467. The Morgan fingerprint density at radius 1 is 1.37 bits per heavy atom. The smallest absolute Gasteiger partial charge is 0.122 e. The first-order valence-electron chi connectivity index (χ1n) is 6.76. The summed E-state index contributed by atoms with van der Waals surface area (Å²) >= 11 is 0. The minimum absolute atomic E-state index is 0.267. The van der Waals surface area contributed by atoms with Crippen LogP contribution in [-0.2, 0) is 13.1 Å². The Labute approximate surface area is 115 Å². The molecular formula is C15H23N3O. The van der Waals surface area contributed by atoms with Gasteiger partial charge in [0.1, 0.15) is 5.76 Å². The lowest BCUT2D eigenvalue weighted by Crippen LogP contribution is -2.30. The zero-order valence-electron chi connectivity index (χ0n) is 12.0. The fourth-order valence-corrected chi connectivity index (χ4v) is 2.16. The monoisotopic (exact) mass is 261 g/mol. The molecule has 0 amide bonds. The minimum atomic E-state index is 0.267.